The van der Waals surface area contributed by atoms with E-state index in [2.05, 4.69) is 77.9 Å². The average Bonchev–Trinajstić information content (AvgIpc) is 3.37. The average molecular weight is 439 g/mol. The van der Waals surface area contributed by atoms with E-state index in [0.717, 1.165) is 35.6 Å². The van der Waals surface area contributed by atoms with Crippen LogP contribution in [0.25, 0.3) is 0 Å². The molecule has 1 aliphatic carbocycles. The minimum atomic E-state index is 0.304. The van der Waals surface area contributed by atoms with Gasteiger partial charge < -0.3 is 14.8 Å². The molecule has 3 aromatic carbocycles. The first kappa shape index (κ1) is 21.3. The van der Waals surface area contributed by atoms with Crippen molar-refractivity contribution in [2.24, 2.45) is 10.9 Å². The van der Waals surface area contributed by atoms with Crippen LogP contribution in [0.15, 0.2) is 83.9 Å². The number of para-hydroxylation sites is 1. The van der Waals surface area contributed by atoms with Crippen LogP contribution in [0, 0.1) is 5.92 Å². The van der Waals surface area contributed by atoms with E-state index in [1.54, 1.807) is 7.11 Å². The second kappa shape index (κ2) is 9.53. The third-order valence-corrected chi connectivity index (χ3v) is 6.54. The predicted molar refractivity (Wildman–Crippen MR) is 135 cm³/mol. The minimum Gasteiger partial charge on any atom is -0.493 e. The summed E-state index contributed by atoms with van der Waals surface area (Å²) >= 11 is 0. The molecule has 1 aliphatic heterocycles. The summed E-state index contributed by atoms with van der Waals surface area (Å²) in [6, 6.07) is 23.5. The van der Waals surface area contributed by atoms with Gasteiger partial charge in [-0.2, -0.15) is 0 Å². The smallest absolute Gasteiger partial charge is 0.161 e. The molecule has 0 radical (unpaired) electrons. The highest BCUT2D eigenvalue weighted by molar-refractivity contribution is 5.83. The molecule has 3 atom stereocenters. The number of fused-ring (bicyclic) bond motifs is 3. The maximum absolute atomic E-state index is 5.74. The van der Waals surface area contributed by atoms with Crippen molar-refractivity contribution in [2.45, 2.75) is 31.7 Å². The van der Waals surface area contributed by atoms with Crippen molar-refractivity contribution < 1.29 is 9.47 Å². The molecule has 0 amide bonds. The highest BCUT2D eigenvalue weighted by atomic mass is 16.5. The van der Waals surface area contributed by atoms with Gasteiger partial charge in [-0.05, 0) is 71.8 Å². The summed E-state index contributed by atoms with van der Waals surface area (Å²) in [6.45, 7) is 2.76. The van der Waals surface area contributed by atoms with E-state index in [0.29, 0.717) is 24.5 Å². The van der Waals surface area contributed by atoms with Crippen molar-refractivity contribution >= 4 is 17.6 Å². The molecule has 33 heavy (non-hydrogen) atoms. The van der Waals surface area contributed by atoms with Gasteiger partial charge in [0.1, 0.15) is 0 Å². The van der Waals surface area contributed by atoms with E-state index in [1.807, 2.05) is 24.4 Å². The van der Waals surface area contributed by atoms with Gasteiger partial charge in [-0.15, -0.1) is 0 Å². The number of anilines is 1. The van der Waals surface area contributed by atoms with E-state index in [-0.39, 0.29) is 0 Å². The van der Waals surface area contributed by atoms with Gasteiger partial charge in [0.25, 0.3) is 0 Å². The van der Waals surface area contributed by atoms with Gasteiger partial charge in [-0.3, -0.25) is 4.99 Å². The Morgan fingerprint density at radius 1 is 1.03 bits per heavy atom. The summed E-state index contributed by atoms with van der Waals surface area (Å²) in [7, 11) is 1.66. The predicted octanol–water partition coefficient (Wildman–Crippen LogP) is 7.06. The Hall–Kier alpha value is -3.53. The second-order valence-electron chi connectivity index (χ2n) is 8.67. The maximum atomic E-state index is 5.74. The first-order valence-electron chi connectivity index (χ1n) is 11.7. The van der Waals surface area contributed by atoms with E-state index in [9.17, 15) is 0 Å². The number of methoxy groups -OCH3 is 1. The fraction of sp³-hybridized carbons (Fsp3) is 0.276. The molecule has 3 aromatic rings. The highest BCUT2D eigenvalue weighted by Gasteiger charge is 2.37. The molecule has 0 spiro atoms. The van der Waals surface area contributed by atoms with Crippen molar-refractivity contribution in [3.63, 3.8) is 0 Å². The summed E-state index contributed by atoms with van der Waals surface area (Å²) in [5, 5.41) is 3.79. The minimum absolute atomic E-state index is 0.304. The third-order valence-electron chi connectivity index (χ3n) is 6.54. The highest BCUT2D eigenvalue weighted by Crippen LogP contribution is 2.49. The Bertz CT molecular complexity index is 1170. The van der Waals surface area contributed by atoms with Crippen LogP contribution >= 0.6 is 0 Å². The molecular formula is C29H30N2O2. The fourth-order valence-corrected chi connectivity index (χ4v) is 4.89. The van der Waals surface area contributed by atoms with Crippen molar-refractivity contribution in [1.82, 2.24) is 0 Å². The standard InChI is InChI=1S/C29H30N2O2/c1-3-17-33-27-16-11-20(18-28(27)32-2)19-30-22-14-12-21(13-15-22)29-25-9-6-8-23(25)24-7-4-5-10-26(24)31-29/h4-8,10-16,18-19,23,25,29,31H,3,9,17H2,1-2H3/t23-,25+,29+/m1/s1. The number of hydrogen-bond donors (Lipinski definition) is 1. The van der Waals surface area contributed by atoms with Crippen molar-refractivity contribution in [3.05, 3.63) is 95.6 Å². The van der Waals surface area contributed by atoms with E-state index < -0.39 is 0 Å². The normalized spacial score (nSPS) is 20.8. The SMILES string of the molecule is CCCOc1ccc(C=Nc2ccc([C@@H]3Nc4ccccc4[C@H]4C=CC[C@@H]43)cc2)cc1OC. The molecule has 4 nitrogen and oxygen atoms in total. The van der Waals surface area contributed by atoms with E-state index in [4.69, 9.17) is 9.47 Å². The summed E-state index contributed by atoms with van der Waals surface area (Å²) in [6.07, 6.45) is 8.65. The lowest BCUT2D eigenvalue weighted by molar-refractivity contribution is 0.294. The third kappa shape index (κ3) is 4.38. The number of benzene rings is 3. The van der Waals surface area contributed by atoms with Crippen LogP contribution in [-0.4, -0.2) is 19.9 Å². The lowest BCUT2D eigenvalue weighted by Gasteiger charge is -2.37. The Kier molecular flexibility index (Phi) is 6.16. The number of rotatable bonds is 7. The van der Waals surface area contributed by atoms with Crippen LogP contribution in [0.2, 0.25) is 0 Å². The molecule has 5 rings (SSSR count). The first-order valence-corrected chi connectivity index (χ1v) is 11.7. The molecule has 1 N–H and O–H groups in total. The molecule has 0 saturated heterocycles. The maximum Gasteiger partial charge on any atom is 0.161 e. The van der Waals surface area contributed by atoms with Crippen LogP contribution in [0.4, 0.5) is 11.4 Å². The molecule has 0 aromatic heterocycles. The van der Waals surface area contributed by atoms with Crippen molar-refractivity contribution in [1.29, 1.82) is 0 Å². The Morgan fingerprint density at radius 3 is 2.70 bits per heavy atom. The number of ether oxygens (including phenoxy) is 2. The van der Waals surface area contributed by atoms with E-state index in [1.165, 1.54) is 16.8 Å². The zero-order valence-corrected chi connectivity index (χ0v) is 19.2. The molecule has 0 fully saturated rings. The van der Waals surface area contributed by atoms with Crippen LogP contribution < -0.4 is 14.8 Å². The van der Waals surface area contributed by atoms with Gasteiger partial charge in [0, 0.05) is 17.8 Å². The van der Waals surface area contributed by atoms with Gasteiger partial charge in [0.15, 0.2) is 11.5 Å². The van der Waals surface area contributed by atoms with Crippen LogP contribution in [0.3, 0.4) is 0 Å². The molecule has 2 aliphatic rings. The number of nitrogens with one attached hydrogen (secondary N) is 1. The zero-order chi connectivity index (χ0) is 22.6. The van der Waals surface area contributed by atoms with Gasteiger partial charge >= 0.3 is 0 Å². The first-order chi connectivity index (χ1) is 16.3. The zero-order valence-electron chi connectivity index (χ0n) is 19.2. The lowest BCUT2D eigenvalue weighted by Crippen LogP contribution is -2.28. The topological polar surface area (TPSA) is 42.8 Å². The lowest BCUT2D eigenvalue weighted by atomic mass is 9.77. The number of allylic oxidation sites excluding steroid dienone is 2. The molecule has 0 saturated carbocycles. The molecular weight excluding hydrogens is 408 g/mol. The van der Waals surface area contributed by atoms with Crippen LogP contribution in [0.5, 0.6) is 11.5 Å². The van der Waals surface area contributed by atoms with Crippen molar-refractivity contribution in [2.75, 3.05) is 19.0 Å². The molecule has 4 heteroatoms. The summed E-state index contributed by atoms with van der Waals surface area (Å²) < 4.78 is 11.2. The summed E-state index contributed by atoms with van der Waals surface area (Å²) in [5.41, 5.74) is 5.88. The summed E-state index contributed by atoms with van der Waals surface area (Å²) in [5.74, 6) is 2.54. The molecule has 0 unspecified atom stereocenters. The quantitative estimate of drug-likeness (QED) is 0.317. The van der Waals surface area contributed by atoms with Crippen LogP contribution in [0.1, 0.15) is 48.4 Å². The number of aliphatic imine (C=N–C) groups is 1. The van der Waals surface area contributed by atoms with Crippen LogP contribution in [-0.2, 0) is 0 Å². The number of hydrogen-bond acceptors (Lipinski definition) is 4. The monoisotopic (exact) mass is 438 g/mol. The van der Waals surface area contributed by atoms with Crippen molar-refractivity contribution in [3.8, 4) is 11.5 Å². The summed E-state index contributed by atoms with van der Waals surface area (Å²) in [4.78, 5) is 4.68. The molecule has 168 valence electrons. The van der Waals surface area contributed by atoms with Gasteiger partial charge in [0.05, 0.1) is 25.4 Å². The molecule has 1 heterocycles. The number of nitrogens with zero attached hydrogens (tertiary/aromatic N) is 1. The van der Waals surface area contributed by atoms with Gasteiger partial charge in [-0.25, -0.2) is 0 Å². The van der Waals surface area contributed by atoms with Gasteiger partial charge in [-0.1, -0.05) is 49.4 Å². The fourth-order valence-electron chi connectivity index (χ4n) is 4.89. The Morgan fingerprint density at radius 2 is 1.88 bits per heavy atom. The molecule has 0 bridgehead atoms. The largest absolute Gasteiger partial charge is 0.493 e. The van der Waals surface area contributed by atoms with E-state index >= 15 is 0 Å². The van der Waals surface area contributed by atoms with Gasteiger partial charge in [0.2, 0.25) is 0 Å². The Labute approximate surface area is 196 Å². The second-order valence-corrected chi connectivity index (χ2v) is 8.67. The Balaban J connectivity index is 1.32.